The van der Waals surface area contributed by atoms with E-state index in [9.17, 15) is 9.59 Å². The minimum atomic E-state index is -0.374. The Bertz CT molecular complexity index is 663. The first-order valence-electron chi connectivity index (χ1n) is 9.64. The van der Waals surface area contributed by atoms with Gasteiger partial charge in [0.1, 0.15) is 11.9 Å². The van der Waals surface area contributed by atoms with Crippen LogP contribution >= 0.6 is 0 Å². The Morgan fingerprint density at radius 1 is 1.19 bits per heavy atom. The standard InChI is InChI=1S/C19H30N6O2/c1-23(2)17-7-6-15(13-20-17)21-14-5-4-10-25(12-8-14)19(27)22-16-9-11-24(3)18(16)26/h6-7,13-14,16,21H,4-5,8-12H2,1-3H3,(H,22,27)/t14-,16-/m0/s1. The van der Waals surface area contributed by atoms with Gasteiger partial charge < -0.3 is 25.3 Å². The van der Waals surface area contributed by atoms with E-state index in [1.165, 1.54) is 0 Å². The van der Waals surface area contributed by atoms with E-state index in [1.54, 1.807) is 11.9 Å². The van der Waals surface area contributed by atoms with Crippen LogP contribution in [0.4, 0.5) is 16.3 Å². The summed E-state index contributed by atoms with van der Waals surface area (Å²) in [5.74, 6) is 0.933. The molecule has 2 atom stereocenters. The van der Waals surface area contributed by atoms with E-state index in [1.807, 2.05) is 42.2 Å². The molecule has 2 N–H and O–H groups in total. The van der Waals surface area contributed by atoms with Crippen molar-refractivity contribution >= 4 is 23.4 Å². The van der Waals surface area contributed by atoms with Crippen molar-refractivity contribution in [1.29, 1.82) is 0 Å². The van der Waals surface area contributed by atoms with Crippen LogP contribution in [0.15, 0.2) is 18.3 Å². The Kier molecular flexibility index (Phi) is 6.03. The first-order chi connectivity index (χ1) is 12.9. The average Bonchev–Trinajstić information content (AvgIpc) is 2.85. The summed E-state index contributed by atoms with van der Waals surface area (Å²) in [6.45, 7) is 2.11. The van der Waals surface area contributed by atoms with Crippen molar-refractivity contribution in [2.45, 2.75) is 37.8 Å². The van der Waals surface area contributed by atoms with Gasteiger partial charge in [-0.15, -0.1) is 0 Å². The Morgan fingerprint density at radius 2 is 2.00 bits per heavy atom. The van der Waals surface area contributed by atoms with Crippen LogP contribution in [0.5, 0.6) is 0 Å². The van der Waals surface area contributed by atoms with Crippen LogP contribution in [0.2, 0.25) is 0 Å². The minimum Gasteiger partial charge on any atom is -0.381 e. The minimum absolute atomic E-state index is 0.00591. The van der Waals surface area contributed by atoms with Crippen molar-refractivity contribution < 1.29 is 9.59 Å². The summed E-state index contributed by atoms with van der Waals surface area (Å²) in [5, 5.41) is 6.43. The summed E-state index contributed by atoms with van der Waals surface area (Å²) >= 11 is 0. The molecule has 2 fully saturated rings. The van der Waals surface area contributed by atoms with E-state index in [2.05, 4.69) is 15.6 Å². The highest BCUT2D eigenvalue weighted by molar-refractivity contribution is 5.88. The van der Waals surface area contributed by atoms with Crippen molar-refractivity contribution in [3.8, 4) is 0 Å². The Hall–Kier alpha value is -2.51. The number of nitrogens with one attached hydrogen (secondary N) is 2. The number of hydrogen-bond donors (Lipinski definition) is 2. The summed E-state index contributed by atoms with van der Waals surface area (Å²) in [7, 11) is 5.71. The highest BCUT2D eigenvalue weighted by Gasteiger charge is 2.31. The maximum absolute atomic E-state index is 12.5. The molecule has 1 aromatic rings. The third-order valence-electron chi connectivity index (χ3n) is 5.32. The van der Waals surface area contributed by atoms with Crippen molar-refractivity contribution in [2.75, 3.05) is 51.0 Å². The summed E-state index contributed by atoms with van der Waals surface area (Å²) in [6.07, 6.45) is 5.36. The maximum atomic E-state index is 12.5. The molecule has 2 saturated heterocycles. The van der Waals surface area contributed by atoms with Crippen molar-refractivity contribution in [3.05, 3.63) is 18.3 Å². The van der Waals surface area contributed by atoms with E-state index >= 15 is 0 Å². The predicted octanol–water partition coefficient (Wildman–Crippen LogP) is 1.35. The molecule has 0 aliphatic carbocycles. The summed E-state index contributed by atoms with van der Waals surface area (Å²) < 4.78 is 0. The van der Waals surface area contributed by atoms with E-state index < -0.39 is 0 Å². The zero-order valence-corrected chi connectivity index (χ0v) is 16.4. The van der Waals surface area contributed by atoms with Gasteiger partial charge in [0.2, 0.25) is 5.91 Å². The molecule has 3 rings (SSSR count). The van der Waals surface area contributed by atoms with Crippen molar-refractivity contribution in [3.63, 3.8) is 0 Å². The number of amides is 3. The number of hydrogen-bond acceptors (Lipinski definition) is 5. The summed E-state index contributed by atoms with van der Waals surface area (Å²) in [5.41, 5.74) is 1.00. The molecule has 2 aliphatic heterocycles. The number of likely N-dealkylation sites (tertiary alicyclic amines) is 2. The van der Waals surface area contributed by atoms with Gasteiger partial charge in [0.05, 0.1) is 11.9 Å². The lowest BCUT2D eigenvalue weighted by Gasteiger charge is -2.23. The molecule has 27 heavy (non-hydrogen) atoms. The Labute approximate surface area is 160 Å². The third-order valence-corrected chi connectivity index (χ3v) is 5.32. The lowest BCUT2D eigenvalue weighted by molar-refractivity contribution is -0.128. The van der Waals surface area contributed by atoms with Crippen LogP contribution in [0.3, 0.4) is 0 Å². The van der Waals surface area contributed by atoms with Crippen molar-refractivity contribution in [1.82, 2.24) is 20.1 Å². The zero-order valence-electron chi connectivity index (χ0n) is 16.4. The number of rotatable bonds is 4. The lowest BCUT2D eigenvalue weighted by atomic mass is 10.1. The normalized spacial score (nSPS) is 23.1. The molecule has 0 aromatic carbocycles. The second-order valence-electron chi connectivity index (χ2n) is 7.61. The van der Waals surface area contributed by atoms with Crippen LogP contribution < -0.4 is 15.5 Å². The topological polar surface area (TPSA) is 80.8 Å². The second-order valence-corrected chi connectivity index (χ2v) is 7.61. The fraction of sp³-hybridized carbons (Fsp3) is 0.632. The quantitative estimate of drug-likeness (QED) is 0.832. The molecule has 0 saturated carbocycles. The van der Waals surface area contributed by atoms with Crippen LogP contribution in [-0.4, -0.2) is 79.6 Å². The Morgan fingerprint density at radius 3 is 2.63 bits per heavy atom. The number of aromatic nitrogens is 1. The molecule has 0 bridgehead atoms. The highest BCUT2D eigenvalue weighted by atomic mass is 16.2. The van der Waals surface area contributed by atoms with E-state index in [0.717, 1.165) is 37.3 Å². The molecule has 0 radical (unpaired) electrons. The van der Waals surface area contributed by atoms with Gasteiger partial charge in [-0.1, -0.05) is 0 Å². The first-order valence-corrected chi connectivity index (χ1v) is 9.64. The number of carbonyl (C=O) groups excluding carboxylic acids is 2. The average molecular weight is 374 g/mol. The molecule has 1 aromatic heterocycles. The molecular formula is C19H30N6O2. The summed E-state index contributed by atoms with van der Waals surface area (Å²) in [6, 6.07) is 3.85. The molecular weight excluding hydrogens is 344 g/mol. The number of likely N-dealkylation sites (N-methyl/N-ethyl adjacent to an activating group) is 1. The van der Waals surface area contributed by atoms with Gasteiger partial charge in [-0.2, -0.15) is 0 Å². The van der Waals surface area contributed by atoms with Gasteiger partial charge in [0, 0.05) is 46.8 Å². The van der Waals surface area contributed by atoms with Gasteiger partial charge in [0.25, 0.3) is 0 Å². The molecule has 2 aliphatic rings. The van der Waals surface area contributed by atoms with E-state index in [0.29, 0.717) is 25.6 Å². The fourth-order valence-corrected chi connectivity index (χ4v) is 3.61. The number of pyridine rings is 1. The van der Waals surface area contributed by atoms with E-state index in [-0.39, 0.29) is 18.0 Å². The SMILES string of the molecule is CN1CC[C@H](NC(=O)N2CCC[C@H](Nc3ccc(N(C)C)nc3)CC2)C1=O. The van der Waals surface area contributed by atoms with Gasteiger partial charge in [-0.25, -0.2) is 9.78 Å². The van der Waals surface area contributed by atoms with E-state index in [4.69, 9.17) is 0 Å². The monoisotopic (exact) mass is 374 g/mol. The Balaban J connectivity index is 1.49. The van der Waals surface area contributed by atoms with Gasteiger partial charge in [-0.05, 0) is 37.8 Å². The molecule has 148 valence electrons. The predicted molar refractivity (Wildman–Crippen MR) is 106 cm³/mol. The molecule has 3 heterocycles. The van der Waals surface area contributed by atoms with Crippen LogP contribution in [-0.2, 0) is 4.79 Å². The number of urea groups is 1. The fourth-order valence-electron chi connectivity index (χ4n) is 3.61. The number of nitrogens with zero attached hydrogens (tertiary/aromatic N) is 4. The highest BCUT2D eigenvalue weighted by Crippen LogP contribution is 2.18. The van der Waals surface area contributed by atoms with Crippen LogP contribution in [0, 0.1) is 0 Å². The summed E-state index contributed by atoms with van der Waals surface area (Å²) in [4.78, 5) is 34.4. The largest absolute Gasteiger partial charge is 0.381 e. The first kappa shape index (κ1) is 19.3. The number of carbonyl (C=O) groups is 2. The molecule has 3 amide bonds. The smallest absolute Gasteiger partial charge is 0.318 e. The van der Waals surface area contributed by atoms with Crippen molar-refractivity contribution in [2.24, 2.45) is 0 Å². The second kappa shape index (κ2) is 8.45. The maximum Gasteiger partial charge on any atom is 0.318 e. The van der Waals surface area contributed by atoms with Gasteiger partial charge in [0.15, 0.2) is 0 Å². The zero-order chi connectivity index (χ0) is 19.4. The van der Waals surface area contributed by atoms with Crippen LogP contribution in [0.25, 0.3) is 0 Å². The third kappa shape index (κ3) is 4.81. The molecule has 8 nitrogen and oxygen atoms in total. The number of anilines is 2. The van der Waals surface area contributed by atoms with Gasteiger partial charge >= 0.3 is 6.03 Å². The molecule has 0 spiro atoms. The lowest BCUT2D eigenvalue weighted by Crippen LogP contribution is -2.48. The molecule has 8 heteroatoms. The molecule has 0 unspecified atom stereocenters. The van der Waals surface area contributed by atoms with Gasteiger partial charge in [-0.3, -0.25) is 4.79 Å². The van der Waals surface area contributed by atoms with Crippen LogP contribution in [0.1, 0.15) is 25.7 Å².